The SMILES string of the molecule is CCCNc1ncnc(N2CCCC(O)C2)c1Br. The van der Waals surface area contributed by atoms with Gasteiger partial charge in [0.15, 0.2) is 0 Å². The number of aliphatic hydroxyl groups excluding tert-OH is 1. The molecule has 1 unspecified atom stereocenters. The van der Waals surface area contributed by atoms with Crippen molar-refractivity contribution in [3.8, 4) is 0 Å². The summed E-state index contributed by atoms with van der Waals surface area (Å²) >= 11 is 3.56. The van der Waals surface area contributed by atoms with Crippen LogP contribution in [-0.2, 0) is 0 Å². The van der Waals surface area contributed by atoms with Gasteiger partial charge >= 0.3 is 0 Å². The molecule has 1 aliphatic heterocycles. The van der Waals surface area contributed by atoms with Gasteiger partial charge in [-0.1, -0.05) is 6.92 Å². The number of aromatic nitrogens is 2. The van der Waals surface area contributed by atoms with E-state index in [1.54, 1.807) is 6.33 Å². The number of hydrogen-bond donors (Lipinski definition) is 2. The lowest BCUT2D eigenvalue weighted by atomic mass is 10.1. The van der Waals surface area contributed by atoms with Crippen molar-refractivity contribution < 1.29 is 5.11 Å². The third-order valence-electron chi connectivity index (χ3n) is 3.01. The van der Waals surface area contributed by atoms with Crippen LogP contribution in [0.15, 0.2) is 10.8 Å². The topological polar surface area (TPSA) is 61.3 Å². The summed E-state index contributed by atoms with van der Waals surface area (Å²) in [5, 5.41) is 13.0. The Bertz CT molecular complexity index is 402. The van der Waals surface area contributed by atoms with Crippen molar-refractivity contribution in [2.24, 2.45) is 0 Å². The van der Waals surface area contributed by atoms with E-state index in [9.17, 15) is 5.11 Å². The quantitative estimate of drug-likeness (QED) is 0.890. The molecule has 0 radical (unpaired) electrons. The van der Waals surface area contributed by atoms with E-state index >= 15 is 0 Å². The first-order valence-corrected chi connectivity index (χ1v) is 7.19. The molecular formula is C12H19BrN4O. The second kappa shape index (κ2) is 6.33. The number of aliphatic hydroxyl groups is 1. The molecule has 0 saturated carbocycles. The van der Waals surface area contributed by atoms with Crippen molar-refractivity contribution in [2.75, 3.05) is 29.9 Å². The number of hydrogen-bond acceptors (Lipinski definition) is 5. The average Bonchev–Trinajstić information content (AvgIpc) is 2.37. The monoisotopic (exact) mass is 314 g/mol. The van der Waals surface area contributed by atoms with Gasteiger partial charge in [-0.15, -0.1) is 0 Å². The Hall–Kier alpha value is -0.880. The van der Waals surface area contributed by atoms with E-state index in [-0.39, 0.29) is 6.10 Å². The fraction of sp³-hybridized carbons (Fsp3) is 0.667. The summed E-state index contributed by atoms with van der Waals surface area (Å²) in [7, 11) is 0. The first-order valence-electron chi connectivity index (χ1n) is 6.39. The molecule has 2 rings (SSSR count). The number of nitrogens with zero attached hydrogens (tertiary/aromatic N) is 3. The Morgan fingerprint density at radius 2 is 2.39 bits per heavy atom. The van der Waals surface area contributed by atoms with Gasteiger partial charge in [-0.3, -0.25) is 0 Å². The molecule has 2 N–H and O–H groups in total. The highest BCUT2D eigenvalue weighted by Crippen LogP contribution is 2.31. The number of β-amino-alcohol motifs (C(OH)–C–C–N with tert-alkyl or cyclic N) is 1. The highest BCUT2D eigenvalue weighted by Gasteiger charge is 2.21. The van der Waals surface area contributed by atoms with E-state index in [0.29, 0.717) is 6.54 Å². The third-order valence-corrected chi connectivity index (χ3v) is 3.74. The predicted molar refractivity (Wildman–Crippen MR) is 76.0 cm³/mol. The summed E-state index contributed by atoms with van der Waals surface area (Å²) in [5.41, 5.74) is 0. The van der Waals surface area contributed by atoms with Gasteiger partial charge < -0.3 is 15.3 Å². The van der Waals surface area contributed by atoms with E-state index < -0.39 is 0 Å². The zero-order chi connectivity index (χ0) is 13.0. The molecular weight excluding hydrogens is 296 g/mol. The first-order chi connectivity index (χ1) is 8.72. The molecule has 1 aliphatic rings. The molecule has 1 fully saturated rings. The molecule has 0 amide bonds. The van der Waals surface area contributed by atoms with E-state index in [2.05, 4.69) is 43.0 Å². The standard InChI is InChI=1S/C12H19BrN4O/c1-2-5-14-11-10(13)12(16-8-15-11)17-6-3-4-9(18)7-17/h8-9,18H,2-7H2,1H3,(H,14,15,16). The molecule has 6 heteroatoms. The summed E-state index contributed by atoms with van der Waals surface area (Å²) in [6.45, 7) is 4.57. The number of anilines is 2. The van der Waals surface area contributed by atoms with Gasteiger partial charge in [0.1, 0.15) is 22.4 Å². The summed E-state index contributed by atoms with van der Waals surface area (Å²) < 4.78 is 0.882. The van der Waals surface area contributed by atoms with Gasteiger partial charge in [0.2, 0.25) is 0 Å². The zero-order valence-electron chi connectivity index (χ0n) is 10.6. The molecule has 2 heterocycles. The Morgan fingerprint density at radius 3 is 3.11 bits per heavy atom. The molecule has 100 valence electrons. The van der Waals surface area contributed by atoms with E-state index in [4.69, 9.17) is 0 Å². The highest BCUT2D eigenvalue weighted by atomic mass is 79.9. The van der Waals surface area contributed by atoms with Crippen LogP contribution in [0.1, 0.15) is 26.2 Å². The minimum Gasteiger partial charge on any atom is -0.391 e. The molecule has 1 aromatic rings. The first kappa shape index (κ1) is 13.5. The average molecular weight is 315 g/mol. The highest BCUT2D eigenvalue weighted by molar-refractivity contribution is 9.10. The molecule has 5 nitrogen and oxygen atoms in total. The van der Waals surface area contributed by atoms with Crippen molar-refractivity contribution in [3.05, 3.63) is 10.8 Å². The van der Waals surface area contributed by atoms with Gasteiger partial charge in [0.25, 0.3) is 0 Å². The Balaban J connectivity index is 2.16. The number of rotatable bonds is 4. The van der Waals surface area contributed by atoms with Crippen LogP contribution in [0.4, 0.5) is 11.6 Å². The van der Waals surface area contributed by atoms with Crippen LogP contribution in [0.5, 0.6) is 0 Å². The largest absolute Gasteiger partial charge is 0.391 e. The van der Waals surface area contributed by atoms with Gasteiger partial charge in [-0.05, 0) is 35.2 Å². The van der Waals surface area contributed by atoms with Gasteiger partial charge in [-0.25, -0.2) is 9.97 Å². The smallest absolute Gasteiger partial charge is 0.148 e. The van der Waals surface area contributed by atoms with Crippen molar-refractivity contribution in [2.45, 2.75) is 32.3 Å². The number of halogens is 1. The third kappa shape index (κ3) is 3.11. The van der Waals surface area contributed by atoms with Crippen LogP contribution in [0.3, 0.4) is 0 Å². The molecule has 1 atom stereocenters. The summed E-state index contributed by atoms with van der Waals surface area (Å²) in [6.07, 6.45) is 4.23. The fourth-order valence-electron chi connectivity index (χ4n) is 2.09. The van der Waals surface area contributed by atoms with E-state index in [1.165, 1.54) is 0 Å². The van der Waals surface area contributed by atoms with Crippen LogP contribution >= 0.6 is 15.9 Å². The van der Waals surface area contributed by atoms with Crippen LogP contribution in [0, 0.1) is 0 Å². The second-order valence-electron chi connectivity index (χ2n) is 4.53. The summed E-state index contributed by atoms with van der Waals surface area (Å²) in [4.78, 5) is 10.7. The Morgan fingerprint density at radius 1 is 1.56 bits per heavy atom. The Labute approximate surface area is 116 Å². The lowest BCUT2D eigenvalue weighted by Crippen LogP contribution is -2.39. The molecule has 0 aromatic carbocycles. The second-order valence-corrected chi connectivity index (χ2v) is 5.32. The van der Waals surface area contributed by atoms with Crippen LogP contribution in [0.25, 0.3) is 0 Å². The lowest BCUT2D eigenvalue weighted by molar-refractivity contribution is 0.154. The fourth-order valence-corrected chi connectivity index (χ4v) is 2.69. The molecule has 0 aliphatic carbocycles. The maximum absolute atomic E-state index is 9.73. The van der Waals surface area contributed by atoms with Crippen LogP contribution in [-0.4, -0.2) is 40.8 Å². The van der Waals surface area contributed by atoms with Crippen molar-refractivity contribution in [1.82, 2.24) is 9.97 Å². The Kier molecular flexibility index (Phi) is 4.77. The lowest BCUT2D eigenvalue weighted by Gasteiger charge is -2.31. The van der Waals surface area contributed by atoms with Gasteiger partial charge in [0, 0.05) is 19.6 Å². The molecule has 0 bridgehead atoms. The van der Waals surface area contributed by atoms with Gasteiger partial charge in [0.05, 0.1) is 6.10 Å². The molecule has 1 saturated heterocycles. The normalized spacial score (nSPS) is 19.9. The minimum atomic E-state index is -0.257. The van der Waals surface area contributed by atoms with Crippen molar-refractivity contribution in [3.63, 3.8) is 0 Å². The van der Waals surface area contributed by atoms with E-state index in [0.717, 1.165) is 48.5 Å². The number of nitrogens with one attached hydrogen (secondary N) is 1. The van der Waals surface area contributed by atoms with Crippen LogP contribution < -0.4 is 10.2 Å². The van der Waals surface area contributed by atoms with Crippen molar-refractivity contribution in [1.29, 1.82) is 0 Å². The predicted octanol–water partition coefficient (Wildman–Crippen LogP) is 2.02. The molecule has 0 spiro atoms. The minimum absolute atomic E-state index is 0.257. The zero-order valence-corrected chi connectivity index (χ0v) is 12.2. The molecule has 1 aromatic heterocycles. The summed E-state index contributed by atoms with van der Waals surface area (Å²) in [6, 6.07) is 0. The molecule has 18 heavy (non-hydrogen) atoms. The maximum atomic E-state index is 9.73. The van der Waals surface area contributed by atoms with E-state index in [1.807, 2.05) is 0 Å². The number of piperidine rings is 1. The van der Waals surface area contributed by atoms with Crippen molar-refractivity contribution >= 4 is 27.6 Å². The maximum Gasteiger partial charge on any atom is 0.148 e. The van der Waals surface area contributed by atoms with Crippen LogP contribution in [0.2, 0.25) is 0 Å². The summed E-state index contributed by atoms with van der Waals surface area (Å²) in [5.74, 6) is 1.68. The van der Waals surface area contributed by atoms with Gasteiger partial charge in [-0.2, -0.15) is 0 Å².